The molecule has 0 spiro atoms. The SMILES string of the molecule is CC(C)N(C(=O)c1c([C@@H]2Nc3ccccc3-n3cccc32)ccc2ccccc12)C(C)C. The number of hydrogen-bond donors (Lipinski definition) is 1. The molecule has 162 valence electrons. The van der Waals surface area contributed by atoms with Crippen molar-refractivity contribution >= 4 is 22.4 Å². The minimum Gasteiger partial charge on any atom is -0.371 e. The maximum absolute atomic E-state index is 14.1. The van der Waals surface area contributed by atoms with Crippen LogP contribution in [0.2, 0.25) is 0 Å². The molecule has 4 aromatic rings. The summed E-state index contributed by atoms with van der Waals surface area (Å²) in [7, 11) is 0. The maximum Gasteiger partial charge on any atom is 0.255 e. The molecule has 0 bridgehead atoms. The van der Waals surface area contributed by atoms with Gasteiger partial charge in [0.05, 0.1) is 23.0 Å². The fourth-order valence-corrected chi connectivity index (χ4v) is 5.08. The van der Waals surface area contributed by atoms with E-state index in [2.05, 4.69) is 98.4 Å². The first-order valence-electron chi connectivity index (χ1n) is 11.3. The third kappa shape index (κ3) is 3.18. The van der Waals surface area contributed by atoms with E-state index in [0.717, 1.165) is 39.0 Å². The number of fused-ring (bicyclic) bond motifs is 4. The number of rotatable bonds is 4. The summed E-state index contributed by atoms with van der Waals surface area (Å²) in [5.74, 6) is 0.0839. The van der Waals surface area contributed by atoms with Gasteiger partial charge in [0.2, 0.25) is 0 Å². The second-order valence-electron chi connectivity index (χ2n) is 9.05. The number of hydrogen-bond acceptors (Lipinski definition) is 2. The van der Waals surface area contributed by atoms with E-state index in [4.69, 9.17) is 0 Å². The third-order valence-corrected chi connectivity index (χ3v) is 6.37. The van der Waals surface area contributed by atoms with E-state index in [0.29, 0.717) is 0 Å². The largest absolute Gasteiger partial charge is 0.371 e. The van der Waals surface area contributed by atoms with Crippen LogP contribution < -0.4 is 5.32 Å². The topological polar surface area (TPSA) is 37.3 Å². The van der Waals surface area contributed by atoms with Crippen LogP contribution in [0.15, 0.2) is 79.0 Å². The number of carbonyl (C=O) groups is 1. The standard InChI is InChI=1S/C28H29N3O/c1-18(2)31(19(3)4)28(32)26-21-11-6-5-10-20(21)15-16-22(26)27-25-14-9-17-30(25)24-13-8-7-12-23(24)29-27/h5-19,27,29H,1-4H3/t27-/m0/s1. The Kier molecular flexibility index (Phi) is 5.01. The molecule has 1 N–H and O–H groups in total. The fourth-order valence-electron chi connectivity index (χ4n) is 5.08. The zero-order valence-corrected chi connectivity index (χ0v) is 19.0. The summed E-state index contributed by atoms with van der Waals surface area (Å²) >= 11 is 0. The first-order valence-corrected chi connectivity index (χ1v) is 11.3. The van der Waals surface area contributed by atoms with Gasteiger partial charge in [-0.05, 0) is 68.3 Å². The van der Waals surface area contributed by atoms with Gasteiger partial charge in [-0.15, -0.1) is 0 Å². The molecule has 3 aromatic carbocycles. The Morgan fingerprint density at radius 1 is 0.875 bits per heavy atom. The molecule has 4 heteroatoms. The predicted octanol–water partition coefficient (Wildman–Crippen LogP) is 6.40. The average molecular weight is 424 g/mol. The van der Waals surface area contributed by atoms with Gasteiger partial charge in [0, 0.05) is 24.0 Å². The van der Waals surface area contributed by atoms with E-state index in [1.165, 1.54) is 0 Å². The van der Waals surface area contributed by atoms with Crippen LogP contribution in [0.5, 0.6) is 0 Å². The smallest absolute Gasteiger partial charge is 0.255 e. The van der Waals surface area contributed by atoms with Crippen LogP contribution in [0, 0.1) is 0 Å². The van der Waals surface area contributed by atoms with Gasteiger partial charge in [0.25, 0.3) is 5.91 Å². The molecule has 0 aliphatic carbocycles. The quantitative estimate of drug-likeness (QED) is 0.412. The Morgan fingerprint density at radius 3 is 2.38 bits per heavy atom. The van der Waals surface area contributed by atoms with E-state index in [1.807, 2.05) is 23.1 Å². The lowest BCUT2D eigenvalue weighted by Crippen LogP contribution is -2.42. The van der Waals surface area contributed by atoms with E-state index < -0.39 is 0 Å². The minimum absolute atomic E-state index is 0.0839. The molecule has 4 nitrogen and oxygen atoms in total. The van der Waals surface area contributed by atoms with Gasteiger partial charge >= 0.3 is 0 Å². The summed E-state index contributed by atoms with van der Waals surface area (Å²) in [5.41, 5.74) is 5.12. The van der Waals surface area contributed by atoms with Crippen LogP contribution in [0.4, 0.5) is 5.69 Å². The molecular weight excluding hydrogens is 394 g/mol. The number of aromatic nitrogens is 1. The second kappa shape index (κ2) is 7.86. The number of anilines is 1. The predicted molar refractivity (Wildman–Crippen MR) is 132 cm³/mol. The summed E-state index contributed by atoms with van der Waals surface area (Å²) in [4.78, 5) is 16.1. The zero-order chi connectivity index (χ0) is 22.4. The molecule has 0 saturated heterocycles. The highest BCUT2D eigenvalue weighted by atomic mass is 16.2. The van der Waals surface area contributed by atoms with Crippen molar-refractivity contribution in [2.75, 3.05) is 5.32 Å². The van der Waals surface area contributed by atoms with Gasteiger partial charge in [-0.3, -0.25) is 4.79 Å². The Labute approximate surface area is 189 Å². The Balaban J connectivity index is 1.74. The van der Waals surface area contributed by atoms with Crippen molar-refractivity contribution in [2.45, 2.75) is 45.8 Å². The molecule has 1 aliphatic heterocycles. The molecule has 0 unspecified atom stereocenters. The highest BCUT2D eigenvalue weighted by Crippen LogP contribution is 2.40. The third-order valence-electron chi connectivity index (χ3n) is 6.37. The molecule has 0 fully saturated rings. The van der Waals surface area contributed by atoms with Crippen molar-refractivity contribution in [2.24, 2.45) is 0 Å². The lowest BCUT2D eigenvalue weighted by Gasteiger charge is -2.34. The summed E-state index contributed by atoms with van der Waals surface area (Å²) in [6.45, 7) is 8.35. The van der Waals surface area contributed by atoms with Crippen molar-refractivity contribution in [1.29, 1.82) is 0 Å². The first kappa shape index (κ1) is 20.4. The molecule has 1 aromatic heterocycles. The number of nitrogens with one attached hydrogen (secondary N) is 1. The first-order chi connectivity index (χ1) is 15.5. The van der Waals surface area contributed by atoms with Crippen molar-refractivity contribution in [3.8, 4) is 5.69 Å². The Hall–Kier alpha value is -3.53. The lowest BCUT2D eigenvalue weighted by atomic mass is 9.90. The summed E-state index contributed by atoms with van der Waals surface area (Å²) in [6.07, 6.45) is 2.10. The maximum atomic E-state index is 14.1. The van der Waals surface area contributed by atoms with E-state index in [9.17, 15) is 4.79 Å². The van der Waals surface area contributed by atoms with E-state index in [-0.39, 0.29) is 24.0 Å². The number of carbonyl (C=O) groups excluding carboxylic acids is 1. The highest BCUT2D eigenvalue weighted by molar-refractivity contribution is 6.09. The molecule has 0 saturated carbocycles. The fraction of sp³-hybridized carbons (Fsp3) is 0.250. The van der Waals surface area contributed by atoms with Gasteiger partial charge in [0.1, 0.15) is 0 Å². The zero-order valence-electron chi connectivity index (χ0n) is 19.0. The van der Waals surface area contributed by atoms with Gasteiger partial charge in [-0.1, -0.05) is 48.5 Å². The molecule has 2 heterocycles. The number of benzene rings is 3. The highest BCUT2D eigenvalue weighted by Gasteiger charge is 2.32. The molecule has 1 amide bonds. The van der Waals surface area contributed by atoms with Crippen molar-refractivity contribution < 1.29 is 4.79 Å². The second-order valence-corrected chi connectivity index (χ2v) is 9.05. The molecule has 1 aliphatic rings. The summed E-state index contributed by atoms with van der Waals surface area (Å²) in [5, 5.41) is 5.80. The van der Waals surface area contributed by atoms with E-state index >= 15 is 0 Å². The summed E-state index contributed by atoms with van der Waals surface area (Å²) in [6, 6.07) is 25.1. The van der Waals surface area contributed by atoms with Gasteiger partial charge in [0.15, 0.2) is 0 Å². The molecule has 0 radical (unpaired) electrons. The average Bonchev–Trinajstić information content (AvgIpc) is 3.27. The van der Waals surface area contributed by atoms with Crippen molar-refractivity contribution in [3.05, 3.63) is 95.8 Å². The molecule has 32 heavy (non-hydrogen) atoms. The van der Waals surface area contributed by atoms with Crippen molar-refractivity contribution in [3.63, 3.8) is 0 Å². The van der Waals surface area contributed by atoms with Crippen LogP contribution in [-0.4, -0.2) is 27.5 Å². The molecular formula is C28H29N3O. The molecule has 5 rings (SSSR count). The number of amides is 1. The number of nitrogens with zero attached hydrogens (tertiary/aromatic N) is 2. The van der Waals surface area contributed by atoms with Crippen LogP contribution in [0.25, 0.3) is 16.5 Å². The minimum atomic E-state index is -0.121. The van der Waals surface area contributed by atoms with Gasteiger partial charge < -0.3 is 14.8 Å². The van der Waals surface area contributed by atoms with Crippen LogP contribution >= 0.6 is 0 Å². The van der Waals surface area contributed by atoms with Crippen LogP contribution in [0.1, 0.15) is 55.4 Å². The van der Waals surface area contributed by atoms with Gasteiger partial charge in [-0.2, -0.15) is 0 Å². The summed E-state index contributed by atoms with van der Waals surface area (Å²) < 4.78 is 2.22. The Bertz CT molecular complexity index is 1290. The van der Waals surface area contributed by atoms with Crippen molar-refractivity contribution in [1.82, 2.24) is 9.47 Å². The van der Waals surface area contributed by atoms with E-state index in [1.54, 1.807) is 0 Å². The Morgan fingerprint density at radius 2 is 1.59 bits per heavy atom. The normalized spacial score (nSPS) is 14.9. The van der Waals surface area contributed by atoms with Crippen LogP contribution in [-0.2, 0) is 0 Å². The monoisotopic (exact) mass is 423 g/mol. The number of para-hydroxylation sites is 2. The van der Waals surface area contributed by atoms with Crippen LogP contribution in [0.3, 0.4) is 0 Å². The lowest BCUT2D eigenvalue weighted by molar-refractivity contribution is 0.0644. The molecule has 1 atom stereocenters. The van der Waals surface area contributed by atoms with Gasteiger partial charge in [-0.25, -0.2) is 0 Å².